The van der Waals surface area contributed by atoms with E-state index in [0.29, 0.717) is 12.8 Å². The Morgan fingerprint density at radius 3 is 2.96 bits per heavy atom. The van der Waals surface area contributed by atoms with E-state index in [1.165, 1.54) is 10.8 Å². The van der Waals surface area contributed by atoms with Crippen LogP contribution in [-0.2, 0) is 4.74 Å². The van der Waals surface area contributed by atoms with Gasteiger partial charge in [-0.2, -0.15) is 0 Å². The molecule has 0 amide bonds. The van der Waals surface area contributed by atoms with E-state index in [1.807, 2.05) is 0 Å². The molecule has 1 unspecified atom stereocenters. The van der Waals surface area contributed by atoms with Crippen molar-refractivity contribution >= 4 is 0 Å². The third-order valence-electron chi connectivity index (χ3n) is 3.90. The summed E-state index contributed by atoms with van der Waals surface area (Å²) in [6, 6.07) is 0. The van der Waals surface area contributed by atoms with E-state index in [2.05, 4.69) is 32.8 Å². The van der Waals surface area contributed by atoms with Crippen molar-refractivity contribution in [3.05, 3.63) is 43.0 Å². The summed E-state index contributed by atoms with van der Waals surface area (Å²) in [5.41, 5.74) is 7.26. The van der Waals surface area contributed by atoms with E-state index in [-0.39, 0.29) is 18.5 Å². The molecule has 9 nitrogen and oxygen atoms in total. The number of rotatable bonds is 6. The molecule has 26 heavy (non-hydrogen) atoms. The van der Waals surface area contributed by atoms with Crippen molar-refractivity contribution < 1.29 is 9.84 Å². The lowest BCUT2D eigenvalue weighted by molar-refractivity contribution is -0.0151. The molecule has 0 aliphatic carbocycles. The normalized spacial score (nSPS) is 21.3. The SMILES string of the molecule is C#CCCCCC#Cc1cn([C@H]2CC(O)[C@@H](CN=[N+]=[N-])O2)c(=O)[nH]c1=O. The van der Waals surface area contributed by atoms with Gasteiger partial charge < -0.3 is 9.84 Å². The minimum atomic E-state index is -0.880. The van der Waals surface area contributed by atoms with Gasteiger partial charge in [0.2, 0.25) is 0 Å². The molecule has 136 valence electrons. The molecule has 1 aliphatic rings. The van der Waals surface area contributed by atoms with E-state index in [1.54, 1.807) is 0 Å². The third kappa shape index (κ3) is 5.01. The number of nitrogens with one attached hydrogen (secondary N) is 1. The fraction of sp³-hybridized carbons (Fsp3) is 0.529. The fourth-order valence-electron chi connectivity index (χ4n) is 2.55. The number of aliphatic hydroxyl groups excluding tert-OH is 1. The molecule has 9 heteroatoms. The number of hydrogen-bond donors (Lipinski definition) is 2. The van der Waals surface area contributed by atoms with Gasteiger partial charge >= 0.3 is 5.69 Å². The van der Waals surface area contributed by atoms with Crippen molar-refractivity contribution in [3.8, 4) is 24.2 Å². The van der Waals surface area contributed by atoms with E-state index in [0.717, 1.165) is 12.8 Å². The third-order valence-corrected chi connectivity index (χ3v) is 3.90. The van der Waals surface area contributed by atoms with Crippen molar-refractivity contribution in [1.82, 2.24) is 9.55 Å². The highest BCUT2D eigenvalue weighted by molar-refractivity contribution is 5.29. The number of aliphatic hydroxyl groups is 1. The molecular weight excluding hydrogens is 338 g/mol. The second-order valence-corrected chi connectivity index (χ2v) is 5.77. The van der Waals surface area contributed by atoms with Crippen LogP contribution in [0.2, 0.25) is 0 Å². The smallest absolute Gasteiger partial charge is 0.330 e. The number of aromatic amines is 1. The topological polar surface area (TPSA) is 133 Å². The van der Waals surface area contributed by atoms with Crippen molar-refractivity contribution in [3.63, 3.8) is 0 Å². The van der Waals surface area contributed by atoms with Crippen LogP contribution in [0.1, 0.15) is 43.9 Å². The van der Waals surface area contributed by atoms with Crippen molar-refractivity contribution in [2.24, 2.45) is 5.11 Å². The summed E-state index contributed by atoms with van der Waals surface area (Å²) in [4.78, 5) is 28.8. The Bertz CT molecular complexity index is 895. The first-order valence-electron chi connectivity index (χ1n) is 8.19. The number of aromatic nitrogens is 2. The van der Waals surface area contributed by atoms with Gasteiger partial charge in [0.1, 0.15) is 11.8 Å². The number of terminal acetylenes is 1. The molecule has 3 atom stereocenters. The zero-order valence-electron chi connectivity index (χ0n) is 14.1. The van der Waals surface area contributed by atoms with Crippen LogP contribution in [0.5, 0.6) is 0 Å². The Hall–Kier alpha value is -2.97. The zero-order chi connectivity index (χ0) is 18.9. The van der Waals surface area contributed by atoms with Gasteiger partial charge in [0, 0.05) is 30.4 Å². The van der Waals surface area contributed by atoms with E-state index in [9.17, 15) is 14.7 Å². The van der Waals surface area contributed by atoms with Crippen molar-refractivity contribution in [2.75, 3.05) is 6.54 Å². The lowest BCUT2D eigenvalue weighted by Gasteiger charge is -2.14. The average molecular weight is 357 g/mol. The van der Waals surface area contributed by atoms with Crippen LogP contribution in [-0.4, -0.2) is 33.4 Å². The van der Waals surface area contributed by atoms with Gasteiger partial charge in [-0.25, -0.2) is 4.79 Å². The summed E-state index contributed by atoms with van der Waals surface area (Å²) in [5, 5.41) is 13.3. The number of nitrogens with zero attached hydrogens (tertiary/aromatic N) is 4. The van der Waals surface area contributed by atoms with Crippen LogP contribution in [0.4, 0.5) is 0 Å². The van der Waals surface area contributed by atoms with Crippen molar-refractivity contribution in [1.29, 1.82) is 0 Å². The molecule has 1 aromatic heterocycles. The molecule has 2 rings (SSSR count). The van der Waals surface area contributed by atoms with Gasteiger partial charge in [-0.05, 0) is 18.4 Å². The maximum atomic E-state index is 12.1. The maximum absolute atomic E-state index is 12.1. The second kappa shape index (κ2) is 9.50. The molecule has 0 saturated carbocycles. The molecule has 2 heterocycles. The largest absolute Gasteiger partial charge is 0.390 e. The molecular formula is C17H19N5O4. The molecule has 0 radical (unpaired) electrons. The lowest BCUT2D eigenvalue weighted by atomic mass is 10.2. The highest BCUT2D eigenvalue weighted by Crippen LogP contribution is 2.27. The minimum Gasteiger partial charge on any atom is -0.390 e. The van der Waals surface area contributed by atoms with Crippen LogP contribution in [0.3, 0.4) is 0 Å². The van der Waals surface area contributed by atoms with Gasteiger partial charge in [0.15, 0.2) is 0 Å². The number of azide groups is 1. The fourth-order valence-corrected chi connectivity index (χ4v) is 2.55. The first-order chi connectivity index (χ1) is 12.6. The van der Waals surface area contributed by atoms with Gasteiger partial charge in [-0.1, -0.05) is 17.0 Å². The van der Waals surface area contributed by atoms with Gasteiger partial charge in [0.25, 0.3) is 5.56 Å². The lowest BCUT2D eigenvalue weighted by Crippen LogP contribution is -2.33. The first-order valence-corrected chi connectivity index (χ1v) is 8.19. The molecule has 1 fully saturated rings. The van der Waals surface area contributed by atoms with Gasteiger partial charge in [-0.15, -0.1) is 12.3 Å². The monoisotopic (exact) mass is 357 g/mol. The van der Waals surface area contributed by atoms with Crippen LogP contribution in [0.15, 0.2) is 20.9 Å². The maximum Gasteiger partial charge on any atom is 0.330 e. The van der Waals surface area contributed by atoms with E-state index < -0.39 is 29.7 Å². The summed E-state index contributed by atoms with van der Waals surface area (Å²) in [6.45, 7) is -0.0450. The van der Waals surface area contributed by atoms with Crippen LogP contribution < -0.4 is 11.2 Å². The summed E-state index contributed by atoms with van der Waals surface area (Å²) in [6.07, 6.45) is 7.24. The Kier molecular flexibility index (Phi) is 7.07. The van der Waals surface area contributed by atoms with Gasteiger partial charge in [-0.3, -0.25) is 14.3 Å². The quantitative estimate of drug-likeness (QED) is 0.259. The van der Waals surface area contributed by atoms with Crippen LogP contribution >= 0.6 is 0 Å². The van der Waals surface area contributed by atoms with E-state index in [4.69, 9.17) is 16.7 Å². The van der Waals surface area contributed by atoms with Crippen molar-refractivity contribution in [2.45, 2.75) is 50.5 Å². The minimum absolute atomic E-state index is 0.0450. The molecule has 1 aliphatic heterocycles. The summed E-state index contributed by atoms with van der Waals surface area (Å²) >= 11 is 0. The Labute approximate surface area is 149 Å². The second-order valence-electron chi connectivity index (χ2n) is 5.77. The Balaban J connectivity index is 2.14. The molecule has 0 bridgehead atoms. The van der Waals surface area contributed by atoms with Crippen LogP contribution in [0, 0.1) is 24.2 Å². The molecule has 2 N–H and O–H groups in total. The van der Waals surface area contributed by atoms with Gasteiger partial charge in [0.05, 0.1) is 18.8 Å². The summed E-state index contributed by atoms with van der Waals surface area (Å²) in [7, 11) is 0. The molecule has 1 aromatic rings. The average Bonchev–Trinajstić information content (AvgIpc) is 2.98. The number of unbranched alkanes of at least 4 members (excludes halogenated alkanes) is 3. The zero-order valence-corrected chi connectivity index (χ0v) is 14.1. The number of hydrogen-bond acceptors (Lipinski definition) is 5. The first kappa shape index (κ1) is 19.4. The standard InChI is InChI=1S/C17H19N5O4/c1-2-3-4-5-6-7-8-12-11-22(17(25)20-16(12)24)15-9-13(23)14(26-15)10-19-21-18/h1,11,13-15,23H,3-6,9-10H2,(H,20,24,25)/t13?,14-,15-/m1/s1. The molecule has 1 saturated heterocycles. The Morgan fingerprint density at radius 2 is 2.23 bits per heavy atom. The molecule has 0 aromatic carbocycles. The highest BCUT2D eigenvalue weighted by atomic mass is 16.5. The Morgan fingerprint density at radius 1 is 1.46 bits per heavy atom. The highest BCUT2D eigenvalue weighted by Gasteiger charge is 2.35. The summed E-state index contributed by atoms with van der Waals surface area (Å²) < 4.78 is 6.75. The van der Waals surface area contributed by atoms with Crippen LogP contribution in [0.25, 0.3) is 10.4 Å². The predicted octanol–water partition coefficient (Wildman–Crippen LogP) is 1.04. The summed E-state index contributed by atoms with van der Waals surface area (Å²) in [5.74, 6) is 8.18. The van der Waals surface area contributed by atoms with E-state index >= 15 is 0 Å². The number of H-pyrrole nitrogens is 1. The predicted molar refractivity (Wildman–Crippen MR) is 94.0 cm³/mol. The number of ether oxygens (including phenoxy) is 1. The molecule has 0 spiro atoms.